The van der Waals surface area contributed by atoms with Gasteiger partial charge in [0.15, 0.2) is 0 Å². The van der Waals surface area contributed by atoms with Gasteiger partial charge in [0.05, 0.1) is 6.04 Å². The topological polar surface area (TPSA) is 55.1 Å². The number of hydrogen-bond donors (Lipinski definition) is 2. The number of nitrogens with two attached hydrogens (primary N) is 1. The number of benzene rings is 1. The molecule has 88 valence electrons. The number of nitrogens with one attached hydrogen (secondary N) is 1. The number of amides is 1. The molecule has 0 saturated heterocycles. The largest absolute Gasteiger partial charge is 0.324 e. The van der Waals surface area contributed by atoms with E-state index in [1.807, 2.05) is 6.92 Å². The highest BCUT2D eigenvalue weighted by Gasteiger charge is 2.13. The predicted molar refractivity (Wildman–Crippen MR) is 62.7 cm³/mol. The van der Waals surface area contributed by atoms with E-state index in [4.69, 9.17) is 5.73 Å². The highest BCUT2D eigenvalue weighted by atomic mass is 19.1. The van der Waals surface area contributed by atoms with Crippen LogP contribution in [0.2, 0.25) is 0 Å². The summed E-state index contributed by atoms with van der Waals surface area (Å²) in [4.78, 5) is 11.6. The molecule has 1 unspecified atom stereocenters. The number of carbonyl (C=O) groups is 1. The molecule has 3 N–H and O–H groups in total. The van der Waals surface area contributed by atoms with E-state index in [-0.39, 0.29) is 11.7 Å². The number of anilines is 1. The van der Waals surface area contributed by atoms with Crippen LogP contribution in [0.1, 0.15) is 25.3 Å². The van der Waals surface area contributed by atoms with E-state index >= 15 is 0 Å². The van der Waals surface area contributed by atoms with Crippen LogP contribution in [0.25, 0.3) is 0 Å². The van der Waals surface area contributed by atoms with E-state index in [0.717, 1.165) is 6.42 Å². The van der Waals surface area contributed by atoms with E-state index in [0.29, 0.717) is 17.7 Å². The second-order valence-corrected chi connectivity index (χ2v) is 3.84. The van der Waals surface area contributed by atoms with Crippen molar-refractivity contribution < 1.29 is 9.18 Å². The zero-order chi connectivity index (χ0) is 12.1. The van der Waals surface area contributed by atoms with Gasteiger partial charge in [-0.1, -0.05) is 13.3 Å². The molecule has 3 nitrogen and oxygen atoms in total. The van der Waals surface area contributed by atoms with Crippen LogP contribution in [0, 0.1) is 12.7 Å². The quantitative estimate of drug-likeness (QED) is 0.823. The summed E-state index contributed by atoms with van der Waals surface area (Å²) in [6.07, 6.45) is 1.50. The minimum Gasteiger partial charge on any atom is -0.324 e. The Hall–Kier alpha value is -1.42. The highest BCUT2D eigenvalue weighted by molar-refractivity contribution is 5.95. The Morgan fingerprint density at radius 3 is 2.81 bits per heavy atom. The molecule has 4 heteroatoms. The lowest BCUT2D eigenvalue weighted by Crippen LogP contribution is -2.35. The van der Waals surface area contributed by atoms with Crippen LogP contribution in [0.3, 0.4) is 0 Å². The lowest BCUT2D eigenvalue weighted by Gasteiger charge is -2.12. The molecular weight excluding hydrogens is 207 g/mol. The average Bonchev–Trinajstić information content (AvgIpc) is 2.22. The number of halogens is 1. The first kappa shape index (κ1) is 12.6. The van der Waals surface area contributed by atoms with Crippen molar-refractivity contribution in [1.29, 1.82) is 0 Å². The van der Waals surface area contributed by atoms with Crippen LogP contribution in [0.15, 0.2) is 18.2 Å². The van der Waals surface area contributed by atoms with Gasteiger partial charge in [0.1, 0.15) is 5.82 Å². The fourth-order valence-electron chi connectivity index (χ4n) is 1.43. The molecule has 0 aromatic heterocycles. The summed E-state index contributed by atoms with van der Waals surface area (Å²) in [7, 11) is 0. The molecule has 0 aliphatic rings. The van der Waals surface area contributed by atoms with E-state index in [9.17, 15) is 9.18 Å². The van der Waals surface area contributed by atoms with Crippen molar-refractivity contribution in [2.45, 2.75) is 32.7 Å². The molecular formula is C12H17FN2O. The Bertz CT molecular complexity index is 379. The smallest absolute Gasteiger partial charge is 0.241 e. The molecule has 1 rings (SSSR count). The summed E-state index contributed by atoms with van der Waals surface area (Å²) in [6, 6.07) is 3.73. The summed E-state index contributed by atoms with van der Waals surface area (Å²) in [6.45, 7) is 3.71. The van der Waals surface area contributed by atoms with Gasteiger partial charge >= 0.3 is 0 Å². The number of rotatable bonds is 4. The Balaban J connectivity index is 2.69. The van der Waals surface area contributed by atoms with Gasteiger partial charge in [0.2, 0.25) is 5.91 Å². The molecule has 0 radical (unpaired) electrons. The van der Waals surface area contributed by atoms with Crippen LogP contribution < -0.4 is 11.1 Å². The average molecular weight is 224 g/mol. The fourth-order valence-corrected chi connectivity index (χ4v) is 1.43. The van der Waals surface area contributed by atoms with Gasteiger partial charge < -0.3 is 11.1 Å². The third-order valence-electron chi connectivity index (χ3n) is 2.38. The summed E-state index contributed by atoms with van der Waals surface area (Å²) in [5.74, 6) is -0.537. The molecule has 0 aliphatic heterocycles. The van der Waals surface area contributed by atoms with Crippen molar-refractivity contribution in [1.82, 2.24) is 0 Å². The van der Waals surface area contributed by atoms with E-state index < -0.39 is 6.04 Å². The Kier molecular flexibility index (Phi) is 4.43. The first-order valence-electron chi connectivity index (χ1n) is 5.37. The minimum absolute atomic E-state index is 0.225. The summed E-state index contributed by atoms with van der Waals surface area (Å²) >= 11 is 0. The minimum atomic E-state index is -0.505. The van der Waals surface area contributed by atoms with Crippen molar-refractivity contribution in [2.24, 2.45) is 5.73 Å². The molecule has 1 atom stereocenters. The number of carbonyl (C=O) groups excluding carboxylic acids is 1. The zero-order valence-electron chi connectivity index (χ0n) is 9.59. The van der Waals surface area contributed by atoms with Crippen molar-refractivity contribution in [2.75, 3.05) is 5.32 Å². The van der Waals surface area contributed by atoms with Gasteiger partial charge in [-0.25, -0.2) is 4.39 Å². The van der Waals surface area contributed by atoms with Gasteiger partial charge in [-0.2, -0.15) is 0 Å². The summed E-state index contributed by atoms with van der Waals surface area (Å²) in [5, 5.41) is 2.69. The normalized spacial score (nSPS) is 12.2. The van der Waals surface area contributed by atoms with Crippen molar-refractivity contribution in [3.63, 3.8) is 0 Å². The molecule has 0 bridgehead atoms. The SMILES string of the molecule is CCCC(N)C(=O)Nc1ccc(F)cc1C. The first-order chi connectivity index (χ1) is 7.54. The third kappa shape index (κ3) is 3.31. The van der Waals surface area contributed by atoms with Crippen LogP contribution in [-0.2, 0) is 4.79 Å². The molecule has 1 aromatic rings. The van der Waals surface area contributed by atoms with Crippen molar-refractivity contribution >= 4 is 11.6 Å². The number of hydrogen-bond acceptors (Lipinski definition) is 2. The van der Waals surface area contributed by atoms with E-state index in [2.05, 4.69) is 5.32 Å². The maximum atomic E-state index is 12.8. The second kappa shape index (κ2) is 5.61. The first-order valence-corrected chi connectivity index (χ1v) is 5.37. The second-order valence-electron chi connectivity index (χ2n) is 3.84. The highest BCUT2D eigenvalue weighted by Crippen LogP contribution is 2.15. The van der Waals surface area contributed by atoms with Crippen molar-refractivity contribution in [3.05, 3.63) is 29.6 Å². The molecule has 1 aromatic carbocycles. The molecule has 0 heterocycles. The number of aryl methyl sites for hydroxylation is 1. The molecule has 0 saturated carbocycles. The fraction of sp³-hybridized carbons (Fsp3) is 0.417. The third-order valence-corrected chi connectivity index (χ3v) is 2.38. The van der Waals surface area contributed by atoms with Gasteiger partial charge in [0.25, 0.3) is 0 Å². The van der Waals surface area contributed by atoms with Gasteiger partial charge in [-0.15, -0.1) is 0 Å². The zero-order valence-corrected chi connectivity index (χ0v) is 9.59. The molecule has 0 aliphatic carbocycles. The van der Waals surface area contributed by atoms with Gasteiger partial charge in [-0.05, 0) is 37.1 Å². The van der Waals surface area contributed by atoms with Gasteiger partial charge in [0, 0.05) is 5.69 Å². The van der Waals surface area contributed by atoms with Crippen LogP contribution in [0.4, 0.5) is 10.1 Å². The maximum absolute atomic E-state index is 12.8. The van der Waals surface area contributed by atoms with E-state index in [1.165, 1.54) is 12.1 Å². The van der Waals surface area contributed by atoms with E-state index in [1.54, 1.807) is 13.0 Å². The Labute approximate surface area is 94.8 Å². The lowest BCUT2D eigenvalue weighted by molar-refractivity contribution is -0.117. The van der Waals surface area contributed by atoms with Crippen LogP contribution >= 0.6 is 0 Å². The predicted octanol–water partition coefficient (Wildman–Crippen LogP) is 2.20. The van der Waals surface area contributed by atoms with Crippen LogP contribution in [0.5, 0.6) is 0 Å². The Morgan fingerprint density at radius 1 is 1.56 bits per heavy atom. The molecule has 0 fully saturated rings. The summed E-state index contributed by atoms with van der Waals surface area (Å²) in [5.41, 5.74) is 6.97. The molecule has 0 spiro atoms. The standard InChI is InChI=1S/C12H17FN2O/c1-3-4-10(14)12(16)15-11-6-5-9(13)7-8(11)2/h5-7,10H,3-4,14H2,1-2H3,(H,15,16). The molecule has 1 amide bonds. The lowest BCUT2D eigenvalue weighted by atomic mass is 10.1. The Morgan fingerprint density at radius 2 is 2.25 bits per heavy atom. The van der Waals surface area contributed by atoms with Gasteiger partial charge in [-0.3, -0.25) is 4.79 Å². The van der Waals surface area contributed by atoms with Crippen molar-refractivity contribution in [3.8, 4) is 0 Å². The maximum Gasteiger partial charge on any atom is 0.241 e. The summed E-state index contributed by atoms with van der Waals surface area (Å²) < 4.78 is 12.8. The monoisotopic (exact) mass is 224 g/mol. The molecule has 16 heavy (non-hydrogen) atoms. The van der Waals surface area contributed by atoms with Crippen LogP contribution in [-0.4, -0.2) is 11.9 Å².